The van der Waals surface area contributed by atoms with Crippen molar-refractivity contribution in [2.75, 3.05) is 45.2 Å². The van der Waals surface area contributed by atoms with Crippen molar-refractivity contribution in [3.63, 3.8) is 0 Å². The van der Waals surface area contributed by atoms with Gasteiger partial charge in [0.05, 0.1) is 11.8 Å². The first-order chi connectivity index (χ1) is 13.6. The van der Waals surface area contributed by atoms with E-state index in [0.29, 0.717) is 13.1 Å². The highest BCUT2D eigenvalue weighted by Gasteiger charge is 2.32. The van der Waals surface area contributed by atoms with Crippen molar-refractivity contribution in [3.8, 4) is 0 Å². The van der Waals surface area contributed by atoms with E-state index in [-0.39, 0.29) is 6.10 Å². The zero-order chi connectivity index (χ0) is 19.5. The number of β-amino-alcohol motifs (C(OH)–C–C–N with tert-alkyl or cyclic N) is 1. The van der Waals surface area contributed by atoms with E-state index in [1.807, 2.05) is 6.07 Å². The summed E-state index contributed by atoms with van der Waals surface area (Å²) >= 11 is 0. The molecule has 28 heavy (non-hydrogen) atoms. The van der Waals surface area contributed by atoms with Crippen LogP contribution in [0.25, 0.3) is 5.57 Å². The van der Waals surface area contributed by atoms with Gasteiger partial charge in [0.1, 0.15) is 11.9 Å². The van der Waals surface area contributed by atoms with Crippen molar-refractivity contribution >= 4 is 11.4 Å². The summed E-state index contributed by atoms with van der Waals surface area (Å²) in [7, 11) is 3.81. The van der Waals surface area contributed by atoms with E-state index in [9.17, 15) is 5.11 Å². The molecule has 2 aromatic rings. The van der Waals surface area contributed by atoms with Crippen LogP contribution in [0.15, 0.2) is 48.5 Å². The van der Waals surface area contributed by atoms with E-state index >= 15 is 0 Å². The fourth-order valence-electron chi connectivity index (χ4n) is 4.07. The Bertz CT molecular complexity index is 837. The monoisotopic (exact) mass is 379 g/mol. The van der Waals surface area contributed by atoms with E-state index < -0.39 is 6.10 Å². The molecule has 2 aliphatic heterocycles. The molecule has 1 N–H and O–H groups in total. The largest absolute Gasteiger partial charge is 0.388 e. The van der Waals surface area contributed by atoms with Gasteiger partial charge in [-0.1, -0.05) is 36.4 Å². The normalized spacial score (nSPS) is 23.1. The molecule has 2 unspecified atom stereocenters. The van der Waals surface area contributed by atoms with E-state index in [4.69, 9.17) is 9.72 Å². The number of hydrogen-bond acceptors (Lipinski definition) is 5. The summed E-state index contributed by atoms with van der Waals surface area (Å²) < 4.78 is 5.40. The Morgan fingerprint density at radius 3 is 2.64 bits per heavy atom. The fraction of sp³-hybridized carbons (Fsp3) is 0.435. The Labute approximate surface area is 167 Å². The molecule has 2 aliphatic rings. The molecule has 148 valence electrons. The van der Waals surface area contributed by atoms with Crippen molar-refractivity contribution in [2.45, 2.75) is 25.0 Å². The van der Waals surface area contributed by atoms with Crippen molar-refractivity contribution in [1.82, 2.24) is 9.88 Å². The zero-order valence-electron chi connectivity index (χ0n) is 16.7. The van der Waals surface area contributed by atoms with Gasteiger partial charge in [-0.2, -0.15) is 0 Å². The standard InChI is InChI=1S/C23H29N3O2/c1-25-12-10-18(11-13-25)19-8-9-23(26-15-21(27)22(16-26)28-2)24-20(19)14-17-6-4-3-5-7-17/h3-10,21-22,27H,11-16H2,1-2H3. The quantitative estimate of drug-likeness (QED) is 0.865. The SMILES string of the molecule is COC1CN(c2ccc(C3=CCN(C)CC3)c(Cc3ccccc3)n2)CC1O. The Morgan fingerprint density at radius 1 is 1.14 bits per heavy atom. The highest BCUT2D eigenvalue weighted by atomic mass is 16.5. The smallest absolute Gasteiger partial charge is 0.129 e. The van der Waals surface area contributed by atoms with Crippen molar-refractivity contribution in [3.05, 3.63) is 65.4 Å². The molecule has 1 saturated heterocycles. The third kappa shape index (κ3) is 4.12. The van der Waals surface area contributed by atoms with Gasteiger partial charge in [0.25, 0.3) is 0 Å². The van der Waals surface area contributed by atoms with E-state index in [0.717, 1.165) is 37.4 Å². The minimum absolute atomic E-state index is 0.157. The Kier molecular flexibility index (Phi) is 5.76. The minimum atomic E-state index is -0.472. The van der Waals surface area contributed by atoms with Gasteiger partial charge in [-0.25, -0.2) is 4.98 Å². The minimum Gasteiger partial charge on any atom is -0.388 e. The lowest BCUT2D eigenvalue weighted by Gasteiger charge is -2.24. The number of anilines is 1. The topological polar surface area (TPSA) is 48.8 Å². The number of likely N-dealkylation sites (N-methyl/N-ethyl adjacent to an activating group) is 1. The molecule has 0 bridgehead atoms. The second kappa shape index (κ2) is 8.43. The number of ether oxygens (including phenoxy) is 1. The average Bonchev–Trinajstić information content (AvgIpc) is 3.10. The maximum Gasteiger partial charge on any atom is 0.129 e. The van der Waals surface area contributed by atoms with Gasteiger partial charge >= 0.3 is 0 Å². The number of rotatable bonds is 5. The van der Waals surface area contributed by atoms with Crippen LogP contribution >= 0.6 is 0 Å². The van der Waals surface area contributed by atoms with Crippen LogP contribution in [0.3, 0.4) is 0 Å². The fourth-order valence-corrected chi connectivity index (χ4v) is 4.07. The van der Waals surface area contributed by atoms with Crippen LogP contribution in [-0.2, 0) is 11.2 Å². The molecule has 5 nitrogen and oxygen atoms in total. The predicted molar refractivity (Wildman–Crippen MR) is 113 cm³/mol. The number of aliphatic hydroxyl groups is 1. The third-order valence-corrected chi connectivity index (χ3v) is 5.80. The molecule has 3 heterocycles. The first-order valence-electron chi connectivity index (χ1n) is 10.0. The van der Waals surface area contributed by atoms with Gasteiger partial charge in [-0.15, -0.1) is 0 Å². The number of aromatic nitrogens is 1. The summed E-state index contributed by atoms with van der Waals surface area (Å²) in [6.45, 7) is 3.29. The summed E-state index contributed by atoms with van der Waals surface area (Å²) in [5.41, 5.74) is 5.01. The summed E-state index contributed by atoms with van der Waals surface area (Å²) in [6, 6.07) is 14.8. The molecule has 0 spiro atoms. The molecule has 0 radical (unpaired) electrons. The van der Waals surface area contributed by atoms with Crippen LogP contribution in [0.4, 0.5) is 5.82 Å². The number of methoxy groups -OCH3 is 1. The van der Waals surface area contributed by atoms with Gasteiger partial charge in [0, 0.05) is 39.7 Å². The van der Waals surface area contributed by atoms with Crippen LogP contribution in [0.5, 0.6) is 0 Å². The molecule has 1 aromatic heterocycles. The number of hydrogen-bond donors (Lipinski definition) is 1. The molecule has 0 saturated carbocycles. The number of pyridine rings is 1. The van der Waals surface area contributed by atoms with Gasteiger partial charge in [-0.05, 0) is 42.3 Å². The first kappa shape index (κ1) is 19.1. The molecule has 2 atom stereocenters. The molecule has 0 aliphatic carbocycles. The highest BCUT2D eigenvalue weighted by molar-refractivity contribution is 5.70. The van der Waals surface area contributed by atoms with Crippen LogP contribution in [0, 0.1) is 0 Å². The lowest BCUT2D eigenvalue weighted by molar-refractivity contribution is 0.0217. The maximum absolute atomic E-state index is 10.2. The number of aliphatic hydroxyl groups excluding tert-OH is 1. The Morgan fingerprint density at radius 2 is 1.96 bits per heavy atom. The molecular weight excluding hydrogens is 350 g/mol. The van der Waals surface area contributed by atoms with Crippen LogP contribution in [0.1, 0.15) is 23.2 Å². The van der Waals surface area contributed by atoms with E-state index in [1.165, 1.54) is 16.7 Å². The summed E-state index contributed by atoms with van der Waals surface area (Å²) in [6.07, 6.45) is 3.56. The molecule has 0 amide bonds. The highest BCUT2D eigenvalue weighted by Crippen LogP contribution is 2.29. The van der Waals surface area contributed by atoms with Gasteiger partial charge in [0.2, 0.25) is 0 Å². The number of benzene rings is 1. The first-order valence-corrected chi connectivity index (χ1v) is 10.0. The molecule has 5 heteroatoms. The average molecular weight is 380 g/mol. The molecule has 1 fully saturated rings. The van der Waals surface area contributed by atoms with E-state index in [2.05, 4.69) is 59.3 Å². The van der Waals surface area contributed by atoms with Crippen LogP contribution in [-0.4, -0.2) is 67.5 Å². The second-order valence-electron chi connectivity index (χ2n) is 7.81. The summed E-state index contributed by atoms with van der Waals surface area (Å²) in [4.78, 5) is 9.51. The summed E-state index contributed by atoms with van der Waals surface area (Å²) in [5, 5.41) is 10.2. The molecule has 4 rings (SSSR count). The lowest BCUT2D eigenvalue weighted by Crippen LogP contribution is -2.25. The van der Waals surface area contributed by atoms with Crippen LogP contribution in [0.2, 0.25) is 0 Å². The molecule has 1 aromatic carbocycles. The zero-order valence-corrected chi connectivity index (χ0v) is 16.7. The lowest BCUT2D eigenvalue weighted by atomic mass is 9.95. The molecular formula is C23H29N3O2. The third-order valence-electron chi connectivity index (χ3n) is 5.80. The van der Waals surface area contributed by atoms with Crippen molar-refractivity contribution in [2.24, 2.45) is 0 Å². The predicted octanol–water partition coefficient (Wildman–Crippen LogP) is 2.59. The van der Waals surface area contributed by atoms with Crippen LogP contribution < -0.4 is 4.90 Å². The second-order valence-corrected chi connectivity index (χ2v) is 7.81. The maximum atomic E-state index is 10.2. The van der Waals surface area contributed by atoms with Gasteiger partial charge in [0.15, 0.2) is 0 Å². The number of nitrogens with zero attached hydrogens (tertiary/aromatic N) is 3. The van der Waals surface area contributed by atoms with Crippen molar-refractivity contribution < 1.29 is 9.84 Å². The Hall–Kier alpha value is -2.21. The van der Waals surface area contributed by atoms with E-state index in [1.54, 1.807) is 7.11 Å². The van der Waals surface area contributed by atoms with Gasteiger partial charge in [-0.3, -0.25) is 0 Å². The Balaban J connectivity index is 1.66. The summed E-state index contributed by atoms with van der Waals surface area (Å²) in [5.74, 6) is 0.918. The van der Waals surface area contributed by atoms with Crippen molar-refractivity contribution in [1.29, 1.82) is 0 Å². The van der Waals surface area contributed by atoms with Gasteiger partial charge < -0.3 is 19.6 Å².